The van der Waals surface area contributed by atoms with E-state index >= 15 is 0 Å². The number of benzene rings is 2. The van der Waals surface area contributed by atoms with Crippen molar-refractivity contribution in [2.75, 3.05) is 0 Å². The molecule has 0 spiro atoms. The number of nitrogens with zero attached hydrogens (tertiary/aromatic N) is 3. The molecule has 0 atom stereocenters. The summed E-state index contributed by atoms with van der Waals surface area (Å²) in [7, 11) is 0. The predicted molar refractivity (Wildman–Crippen MR) is 120 cm³/mol. The van der Waals surface area contributed by atoms with Gasteiger partial charge in [-0.15, -0.1) is 0 Å². The number of fused-ring (bicyclic) bond motifs is 2. The van der Waals surface area contributed by atoms with Crippen molar-refractivity contribution >= 4 is 39.7 Å². The van der Waals surface area contributed by atoms with Crippen molar-refractivity contribution in [2.24, 2.45) is 0 Å². The average Bonchev–Trinajstić information content (AvgIpc) is 3.52. The monoisotopic (exact) mass is 417 g/mol. The number of pyridine rings is 1. The van der Waals surface area contributed by atoms with Crippen LogP contribution in [0, 0.1) is 0 Å². The molecule has 1 aliphatic rings. The SMILES string of the molecule is CC(C)(Sc1nc2ncccc2n1Cc1ccc(C2CC2)c2ccccc12)C(=O)O. The summed E-state index contributed by atoms with van der Waals surface area (Å²) in [6.45, 7) is 4.03. The van der Waals surface area contributed by atoms with E-state index in [0.29, 0.717) is 23.3 Å². The van der Waals surface area contributed by atoms with Crippen molar-refractivity contribution in [3.05, 3.63) is 65.9 Å². The van der Waals surface area contributed by atoms with Gasteiger partial charge in [-0.25, -0.2) is 9.97 Å². The van der Waals surface area contributed by atoms with Gasteiger partial charge >= 0.3 is 5.97 Å². The van der Waals surface area contributed by atoms with Crippen LogP contribution in [0.3, 0.4) is 0 Å². The van der Waals surface area contributed by atoms with Crippen molar-refractivity contribution in [3.63, 3.8) is 0 Å². The van der Waals surface area contributed by atoms with Crippen LogP contribution >= 0.6 is 11.8 Å². The lowest BCUT2D eigenvalue weighted by Crippen LogP contribution is -2.27. The largest absolute Gasteiger partial charge is 0.480 e. The van der Waals surface area contributed by atoms with Gasteiger partial charge in [0.2, 0.25) is 0 Å². The lowest BCUT2D eigenvalue weighted by molar-refractivity contribution is -0.138. The molecule has 4 aromatic rings. The summed E-state index contributed by atoms with van der Waals surface area (Å²) in [6, 6.07) is 16.9. The van der Waals surface area contributed by atoms with Crippen LogP contribution in [0.15, 0.2) is 59.9 Å². The van der Waals surface area contributed by atoms with Gasteiger partial charge in [0.15, 0.2) is 10.8 Å². The quantitative estimate of drug-likeness (QED) is 0.422. The van der Waals surface area contributed by atoms with Crippen molar-refractivity contribution in [1.29, 1.82) is 0 Å². The Labute approximate surface area is 179 Å². The zero-order chi connectivity index (χ0) is 20.9. The molecule has 0 radical (unpaired) electrons. The van der Waals surface area contributed by atoms with Gasteiger partial charge in [0.1, 0.15) is 4.75 Å². The normalized spacial score (nSPS) is 14.5. The highest BCUT2D eigenvalue weighted by Gasteiger charge is 2.31. The van der Waals surface area contributed by atoms with Crippen LogP contribution in [0.2, 0.25) is 0 Å². The van der Waals surface area contributed by atoms with Crippen molar-refractivity contribution < 1.29 is 9.90 Å². The fourth-order valence-electron chi connectivity index (χ4n) is 3.89. The molecule has 0 amide bonds. The zero-order valence-corrected chi connectivity index (χ0v) is 17.8. The Hall–Kier alpha value is -2.86. The average molecular weight is 418 g/mol. The standard InChI is InChI=1S/C24H23N3O2S/c1-24(2,22(28)29)30-23-26-21-20(8-5-13-25-21)27(23)14-16-11-12-18(15-9-10-15)19-7-4-3-6-17(16)19/h3-8,11-13,15H,9-10,14H2,1-2H3,(H,28,29). The molecule has 1 saturated carbocycles. The first-order valence-electron chi connectivity index (χ1n) is 10.2. The Morgan fingerprint density at radius 3 is 2.63 bits per heavy atom. The van der Waals surface area contributed by atoms with E-state index in [9.17, 15) is 9.90 Å². The number of imidazole rings is 1. The topological polar surface area (TPSA) is 68.0 Å². The summed E-state index contributed by atoms with van der Waals surface area (Å²) in [5, 5.41) is 12.9. The van der Waals surface area contributed by atoms with Crippen molar-refractivity contribution in [1.82, 2.24) is 14.5 Å². The number of hydrogen-bond donors (Lipinski definition) is 1. The summed E-state index contributed by atoms with van der Waals surface area (Å²) in [4.78, 5) is 20.8. The molecule has 2 aromatic carbocycles. The number of hydrogen-bond acceptors (Lipinski definition) is 4. The second kappa shape index (κ2) is 7.13. The van der Waals surface area contributed by atoms with Crippen molar-refractivity contribution in [3.8, 4) is 0 Å². The molecule has 2 aromatic heterocycles. The van der Waals surface area contributed by atoms with E-state index in [0.717, 1.165) is 5.52 Å². The summed E-state index contributed by atoms with van der Waals surface area (Å²) in [5.74, 6) is -0.178. The maximum Gasteiger partial charge on any atom is 0.319 e. The molecule has 0 saturated heterocycles. The number of rotatable bonds is 6. The minimum Gasteiger partial charge on any atom is -0.480 e. The molecule has 2 heterocycles. The molecule has 0 unspecified atom stereocenters. The molecule has 5 rings (SSSR count). The molecular formula is C24H23N3O2S. The Morgan fingerprint density at radius 2 is 1.90 bits per heavy atom. The van der Waals surface area contributed by atoms with E-state index in [-0.39, 0.29) is 0 Å². The molecule has 6 heteroatoms. The molecule has 1 aliphatic carbocycles. The van der Waals surface area contributed by atoms with E-state index < -0.39 is 10.7 Å². The van der Waals surface area contributed by atoms with Crippen molar-refractivity contribution in [2.45, 2.75) is 49.1 Å². The minimum atomic E-state index is -0.989. The van der Waals surface area contributed by atoms with Gasteiger partial charge in [-0.2, -0.15) is 0 Å². The Balaban J connectivity index is 1.63. The number of carbonyl (C=O) groups is 1. The van der Waals surface area contributed by atoms with Crippen LogP contribution in [-0.2, 0) is 11.3 Å². The van der Waals surface area contributed by atoms with E-state index in [1.165, 1.54) is 46.5 Å². The third-order valence-corrected chi connectivity index (χ3v) is 6.92. The lowest BCUT2D eigenvalue weighted by Gasteiger charge is -2.19. The smallest absolute Gasteiger partial charge is 0.319 e. The highest BCUT2D eigenvalue weighted by molar-refractivity contribution is 8.01. The van der Waals surface area contributed by atoms with E-state index in [1.54, 1.807) is 20.0 Å². The highest BCUT2D eigenvalue weighted by Crippen LogP contribution is 2.44. The molecule has 0 aliphatic heterocycles. The molecule has 0 bridgehead atoms. The first-order chi connectivity index (χ1) is 14.4. The number of carboxylic acids is 1. The van der Waals surface area contributed by atoms with Gasteiger partial charge in [-0.05, 0) is 66.6 Å². The van der Waals surface area contributed by atoms with Gasteiger partial charge < -0.3 is 9.67 Å². The molecular weight excluding hydrogens is 394 g/mol. The third-order valence-electron chi connectivity index (χ3n) is 5.74. The second-order valence-corrected chi connectivity index (χ2v) is 9.97. The van der Waals surface area contributed by atoms with Gasteiger partial charge in [0.05, 0.1) is 12.1 Å². The van der Waals surface area contributed by atoms with Gasteiger partial charge in [-0.1, -0.05) is 48.2 Å². The molecule has 30 heavy (non-hydrogen) atoms. The lowest BCUT2D eigenvalue weighted by atomic mass is 9.97. The first kappa shape index (κ1) is 19.1. The van der Waals surface area contributed by atoms with E-state index in [1.807, 2.05) is 12.1 Å². The Kier molecular flexibility index (Phi) is 4.54. The fraction of sp³-hybridized carbons (Fsp3) is 0.292. The minimum absolute atomic E-state index is 0.617. The Morgan fingerprint density at radius 1 is 1.13 bits per heavy atom. The van der Waals surface area contributed by atoms with Gasteiger partial charge in [-0.3, -0.25) is 4.79 Å². The summed E-state index contributed by atoms with van der Waals surface area (Å²) in [5.41, 5.74) is 4.19. The van der Waals surface area contributed by atoms with Gasteiger partial charge in [0, 0.05) is 6.20 Å². The van der Waals surface area contributed by atoms with Crippen LogP contribution in [0.4, 0.5) is 0 Å². The number of aromatic nitrogens is 3. The zero-order valence-electron chi connectivity index (χ0n) is 17.0. The van der Waals surface area contributed by atoms with Crippen LogP contribution in [-0.4, -0.2) is 30.4 Å². The van der Waals surface area contributed by atoms with Crippen LogP contribution in [0.5, 0.6) is 0 Å². The van der Waals surface area contributed by atoms with Crippen LogP contribution in [0.1, 0.15) is 43.7 Å². The predicted octanol–water partition coefficient (Wildman–Crippen LogP) is 5.47. The summed E-state index contributed by atoms with van der Waals surface area (Å²) < 4.78 is 1.10. The molecule has 1 fully saturated rings. The molecule has 5 nitrogen and oxygen atoms in total. The van der Waals surface area contributed by atoms with E-state index in [4.69, 9.17) is 0 Å². The van der Waals surface area contributed by atoms with Crippen LogP contribution in [0.25, 0.3) is 21.9 Å². The number of carboxylic acid groups (broad SMARTS) is 1. The van der Waals surface area contributed by atoms with Crippen LogP contribution < -0.4 is 0 Å². The Bertz CT molecular complexity index is 1270. The highest BCUT2D eigenvalue weighted by atomic mass is 32.2. The summed E-state index contributed by atoms with van der Waals surface area (Å²) >= 11 is 1.26. The first-order valence-corrected chi connectivity index (χ1v) is 11.0. The maximum atomic E-state index is 11.7. The molecule has 1 N–H and O–H groups in total. The maximum absolute atomic E-state index is 11.7. The van der Waals surface area contributed by atoms with Gasteiger partial charge in [0.25, 0.3) is 0 Å². The number of thioether (sulfide) groups is 1. The second-order valence-electron chi connectivity index (χ2n) is 8.38. The summed E-state index contributed by atoms with van der Waals surface area (Å²) in [6.07, 6.45) is 4.26. The van der Waals surface area contributed by atoms with E-state index in [2.05, 4.69) is 50.9 Å². The third kappa shape index (κ3) is 3.35. The fourth-order valence-corrected chi connectivity index (χ4v) is 4.83. The number of aliphatic carboxylic acids is 1. The molecule has 152 valence electrons.